The van der Waals surface area contributed by atoms with Gasteiger partial charge in [-0.15, -0.1) is 0 Å². The predicted molar refractivity (Wildman–Crippen MR) is 144 cm³/mol. The molecule has 4 N–H and O–H groups in total. The zero-order valence-electron chi connectivity index (χ0n) is 22.9. The van der Waals surface area contributed by atoms with Gasteiger partial charge in [-0.1, -0.05) is 38.1 Å². The summed E-state index contributed by atoms with van der Waals surface area (Å²) in [5, 5.41) is 34.4. The number of alkyl halides is 3. The number of ether oxygens (including phenoxy) is 1. The van der Waals surface area contributed by atoms with Crippen molar-refractivity contribution in [2.45, 2.75) is 57.3 Å². The van der Waals surface area contributed by atoms with Crippen molar-refractivity contribution < 1.29 is 42.0 Å². The highest BCUT2D eigenvalue weighted by atomic mass is 19.4. The van der Waals surface area contributed by atoms with Crippen molar-refractivity contribution in [3.05, 3.63) is 47.7 Å². The first kappa shape index (κ1) is 32.1. The first-order valence-corrected chi connectivity index (χ1v) is 13.3. The van der Waals surface area contributed by atoms with E-state index < -0.39 is 56.3 Å². The molecule has 10 nitrogen and oxygen atoms in total. The number of likely N-dealkylation sites (tertiary alicyclic amines) is 1. The number of allylic oxidation sites excluding steroid dienone is 1. The van der Waals surface area contributed by atoms with E-state index in [0.717, 1.165) is 0 Å². The van der Waals surface area contributed by atoms with E-state index in [4.69, 9.17) is 9.15 Å². The molecule has 1 fully saturated rings. The number of halogens is 3. The zero-order valence-corrected chi connectivity index (χ0v) is 22.9. The number of furan rings is 1. The van der Waals surface area contributed by atoms with E-state index in [2.05, 4.69) is 10.6 Å². The van der Waals surface area contributed by atoms with Gasteiger partial charge in [-0.05, 0) is 36.8 Å². The fourth-order valence-electron chi connectivity index (χ4n) is 4.65. The Kier molecular flexibility index (Phi) is 11.4. The molecule has 3 rings (SSSR count). The fourth-order valence-corrected chi connectivity index (χ4v) is 4.65. The third-order valence-corrected chi connectivity index (χ3v) is 6.64. The van der Waals surface area contributed by atoms with Crippen LogP contribution in [0.25, 0.3) is 11.0 Å². The van der Waals surface area contributed by atoms with E-state index in [1.807, 2.05) is 19.9 Å². The number of nitrogens with one attached hydrogen (secondary N) is 2. The lowest BCUT2D eigenvalue weighted by Gasteiger charge is -2.26. The quantitative estimate of drug-likeness (QED) is 0.161. The van der Waals surface area contributed by atoms with Gasteiger partial charge >= 0.3 is 13.3 Å². The third-order valence-electron chi connectivity index (χ3n) is 6.64. The van der Waals surface area contributed by atoms with Crippen LogP contribution < -0.4 is 10.6 Å². The Balaban J connectivity index is 1.66. The number of hydrogen-bond acceptors (Lipinski definition) is 8. The number of carbonyl (C=O) groups excluding carboxylic acids is 2. The number of carbonyl (C=O) groups is 2. The number of rotatable bonds is 13. The number of para-hydroxylation sites is 1. The second kappa shape index (κ2) is 14.5. The van der Waals surface area contributed by atoms with Crippen molar-refractivity contribution in [2.75, 3.05) is 26.3 Å². The number of nitrogens with zero attached hydrogens (tertiary/aromatic N) is 2. The molecule has 2 heterocycles. The maximum atomic E-state index is 13.0. The molecule has 0 bridgehead atoms. The highest BCUT2D eigenvalue weighted by molar-refractivity contribution is 6.43. The Morgan fingerprint density at radius 2 is 2.05 bits per heavy atom. The van der Waals surface area contributed by atoms with E-state index in [0.29, 0.717) is 35.9 Å². The first-order chi connectivity index (χ1) is 19.4. The molecule has 1 saturated heterocycles. The van der Waals surface area contributed by atoms with Gasteiger partial charge in [0.05, 0.1) is 38.0 Å². The Hall–Kier alpha value is -3.38. The van der Waals surface area contributed by atoms with Gasteiger partial charge in [0, 0.05) is 11.9 Å². The molecule has 1 aliphatic rings. The largest absolute Gasteiger partial charge is 0.475 e. The van der Waals surface area contributed by atoms with E-state index in [1.54, 1.807) is 30.3 Å². The summed E-state index contributed by atoms with van der Waals surface area (Å²) in [6.45, 7) is 2.07. The van der Waals surface area contributed by atoms with Crippen LogP contribution in [0.3, 0.4) is 0 Å². The average Bonchev–Trinajstić information content (AvgIpc) is 3.54. The first-order valence-electron chi connectivity index (χ1n) is 13.3. The molecular formula is C27H34BF3N4O6. The van der Waals surface area contributed by atoms with Gasteiger partial charge < -0.3 is 29.4 Å². The lowest BCUT2D eigenvalue weighted by molar-refractivity contribution is -0.135. The standard InChI is InChI=1S/C27H34BF3N4O6/c1-17(2)10-18(12-32)26(37)35-9-5-6-20(35)14-40-15-22(33-16-27(29,30)31)25(36)34-24(28(38)39)11-19-13-41-23-8-4-3-7-21(19)23/h3-4,7-8,10,13,17,20,22,24,33,38-39H,5-6,9,11,14-16H2,1-2H3,(H,34,36)/t20-,22?,24?/m1/s1. The summed E-state index contributed by atoms with van der Waals surface area (Å²) < 4.78 is 50.0. The minimum absolute atomic E-state index is 0.00926. The molecular weight excluding hydrogens is 544 g/mol. The Labute approximate surface area is 236 Å². The third kappa shape index (κ3) is 9.32. The van der Waals surface area contributed by atoms with Crippen LogP contribution >= 0.6 is 0 Å². The summed E-state index contributed by atoms with van der Waals surface area (Å²) >= 11 is 0. The molecule has 1 aromatic heterocycles. The van der Waals surface area contributed by atoms with Crippen molar-refractivity contribution in [1.29, 1.82) is 5.26 Å². The smallest absolute Gasteiger partial charge is 0.464 e. The number of nitriles is 1. The normalized spacial score (nSPS) is 17.5. The number of amides is 2. The summed E-state index contributed by atoms with van der Waals surface area (Å²) in [6.07, 6.45) is -0.464. The lowest BCUT2D eigenvalue weighted by Crippen LogP contribution is -2.56. The van der Waals surface area contributed by atoms with Crippen LogP contribution in [0, 0.1) is 17.2 Å². The summed E-state index contributed by atoms with van der Waals surface area (Å²) in [5.74, 6) is -2.63. The van der Waals surface area contributed by atoms with Gasteiger partial charge in [0.15, 0.2) is 0 Å². The molecule has 3 atom stereocenters. The van der Waals surface area contributed by atoms with Crippen molar-refractivity contribution in [3.8, 4) is 6.07 Å². The monoisotopic (exact) mass is 578 g/mol. The molecule has 0 spiro atoms. The Morgan fingerprint density at radius 3 is 2.71 bits per heavy atom. The second-order valence-corrected chi connectivity index (χ2v) is 10.3. The summed E-state index contributed by atoms with van der Waals surface area (Å²) in [6, 6.07) is 7.01. The molecule has 0 radical (unpaired) electrons. The van der Waals surface area contributed by atoms with Crippen LogP contribution in [-0.2, 0) is 20.7 Å². The van der Waals surface area contributed by atoms with Gasteiger partial charge in [0.1, 0.15) is 23.3 Å². The van der Waals surface area contributed by atoms with Crippen molar-refractivity contribution in [1.82, 2.24) is 15.5 Å². The maximum absolute atomic E-state index is 13.0. The molecule has 2 unspecified atom stereocenters. The van der Waals surface area contributed by atoms with Crippen LogP contribution in [0.1, 0.15) is 32.3 Å². The highest BCUT2D eigenvalue weighted by Gasteiger charge is 2.35. The van der Waals surface area contributed by atoms with E-state index in [-0.39, 0.29) is 24.5 Å². The molecule has 0 saturated carbocycles. The minimum atomic E-state index is -4.62. The molecule has 1 aliphatic heterocycles. The van der Waals surface area contributed by atoms with Gasteiger partial charge in [0.2, 0.25) is 5.91 Å². The fraction of sp³-hybridized carbons (Fsp3) is 0.519. The molecule has 1 aromatic carbocycles. The van der Waals surface area contributed by atoms with Crippen LogP contribution in [0.5, 0.6) is 0 Å². The highest BCUT2D eigenvalue weighted by Crippen LogP contribution is 2.23. The maximum Gasteiger partial charge on any atom is 0.475 e. The van der Waals surface area contributed by atoms with E-state index in [1.165, 1.54) is 11.2 Å². The summed E-state index contributed by atoms with van der Waals surface area (Å²) in [5.41, 5.74) is 1.14. The lowest BCUT2D eigenvalue weighted by atomic mass is 9.75. The molecule has 14 heteroatoms. The van der Waals surface area contributed by atoms with Gasteiger partial charge in [0.25, 0.3) is 5.91 Å². The van der Waals surface area contributed by atoms with Crippen LogP contribution in [0.2, 0.25) is 0 Å². The van der Waals surface area contributed by atoms with Gasteiger partial charge in [-0.25, -0.2) is 0 Å². The molecule has 2 aromatic rings. The van der Waals surface area contributed by atoms with Crippen molar-refractivity contribution in [3.63, 3.8) is 0 Å². The number of fused-ring (bicyclic) bond motifs is 1. The number of benzene rings is 1. The Morgan fingerprint density at radius 1 is 1.32 bits per heavy atom. The summed E-state index contributed by atoms with van der Waals surface area (Å²) in [4.78, 5) is 27.4. The van der Waals surface area contributed by atoms with Gasteiger partial charge in [-0.2, -0.15) is 18.4 Å². The minimum Gasteiger partial charge on any atom is -0.464 e. The SMILES string of the molecule is CC(C)C=C(C#N)C(=O)N1CCC[C@@H]1COCC(NCC(F)(F)F)C(=O)NC(Cc1coc2ccccc12)B(O)O. The molecule has 41 heavy (non-hydrogen) atoms. The van der Waals surface area contributed by atoms with E-state index >= 15 is 0 Å². The molecule has 222 valence electrons. The molecule has 2 amide bonds. The van der Waals surface area contributed by atoms with E-state index in [9.17, 15) is 38.1 Å². The zero-order chi connectivity index (χ0) is 30.2. The Bertz CT molecular complexity index is 1260. The predicted octanol–water partition coefficient (Wildman–Crippen LogP) is 2.11. The van der Waals surface area contributed by atoms with Crippen LogP contribution in [0.15, 0.2) is 46.6 Å². The van der Waals surface area contributed by atoms with Crippen molar-refractivity contribution >= 4 is 29.9 Å². The van der Waals surface area contributed by atoms with Crippen LogP contribution in [-0.4, -0.2) is 84.4 Å². The second-order valence-electron chi connectivity index (χ2n) is 10.3. The van der Waals surface area contributed by atoms with Crippen molar-refractivity contribution in [2.24, 2.45) is 5.92 Å². The molecule has 0 aliphatic carbocycles. The average molecular weight is 578 g/mol. The number of hydrogen-bond donors (Lipinski definition) is 4. The topological polar surface area (TPSA) is 148 Å². The van der Waals surface area contributed by atoms with Crippen LogP contribution in [0.4, 0.5) is 13.2 Å². The summed E-state index contributed by atoms with van der Waals surface area (Å²) in [7, 11) is -2.01. The van der Waals surface area contributed by atoms with Gasteiger partial charge in [-0.3, -0.25) is 14.9 Å².